The number of benzene rings is 2. The van der Waals surface area contributed by atoms with E-state index in [-0.39, 0.29) is 12.4 Å². The number of anilines is 1. The zero-order valence-electron chi connectivity index (χ0n) is 9.25. The molecule has 0 unspecified atom stereocenters. The van der Waals surface area contributed by atoms with Crippen LogP contribution in [0.5, 0.6) is 5.75 Å². The molecular formula is C13H10BrF2NO. The Hall–Kier alpha value is -1.62. The summed E-state index contributed by atoms with van der Waals surface area (Å²) in [5.41, 5.74) is 0.958. The molecule has 0 aliphatic heterocycles. The maximum absolute atomic E-state index is 13.5. The van der Waals surface area contributed by atoms with Gasteiger partial charge in [-0.25, -0.2) is 8.78 Å². The van der Waals surface area contributed by atoms with E-state index in [9.17, 15) is 8.78 Å². The van der Waals surface area contributed by atoms with Crippen LogP contribution >= 0.6 is 15.9 Å². The van der Waals surface area contributed by atoms with Gasteiger partial charge in [0.25, 0.3) is 0 Å². The number of hydrogen-bond donors (Lipinski definition) is 2. The van der Waals surface area contributed by atoms with Crippen LogP contribution in [0, 0.1) is 11.6 Å². The molecule has 0 fully saturated rings. The third-order valence-electron chi connectivity index (χ3n) is 2.45. The van der Waals surface area contributed by atoms with Crippen LogP contribution < -0.4 is 5.32 Å². The first-order valence-electron chi connectivity index (χ1n) is 5.22. The van der Waals surface area contributed by atoms with Gasteiger partial charge in [0.1, 0.15) is 5.82 Å². The minimum Gasteiger partial charge on any atom is -0.505 e. The van der Waals surface area contributed by atoms with Crippen molar-refractivity contribution in [2.45, 2.75) is 6.54 Å². The number of rotatable bonds is 3. The highest BCUT2D eigenvalue weighted by molar-refractivity contribution is 9.10. The number of aromatic hydroxyl groups is 1. The molecule has 2 rings (SSSR count). The summed E-state index contributed by atoms with van der Waals surface area (Å²) in [5, 5.41) is 11.9. The molecule has 0 amide bonds. The molecule has 18 heavy (non-hydrogen) atoms. The Morgan fingerprint density at radius 3 is 2.50 bits per heavy atom. The molecule has 0 bridgehead atoms. The van der Waals surface area contributed by atoms with Crippen LogP contribution in [-0.4, -0.2) is 5.11 Å². The van der Waals surface area contributed by atoms with Crippen LogP contribution in [0.3, 0.4) is 0 Å². The van der Waals surface area contributed by atoms with Gasteiger partial charge in [0.05, 0.1) is 0 Å². The van der Waals surface area contributed by atoms with Crippen molar-refractivity contribution in [3.8, 4) is 5.75 Å². The molecule has 0 saturated carbocycles. The number of halogens is 3. The third-order valence-corrected chi connectivity index (χ3v) is 2.94. The highest BCUT2D eigenvalue weighted by Crippen LogP contribution is 2.21. The molecule has 0 aromatic heterocycles. The quantitative estimate of drug-likeness (QED) is 0.838. The fourth-order valence-electron chi connectivity index (χ4n) is 1.48. The van der Waals surface area contributed by atoms with Crippen LogP contribution in [0.1, 0.15) is 5.56 Å². The summed E-state index contributed by atoms with van der Waals surface area (Å²) in [4.78, 5) is 0. The van der Waals surface area contributed by atoms with Crippen molar-refractivity contribution < 1.29 is 13.9 Å². The van der Waals surface area contributed by atoms with Gasteiger partial charge in [0, 0.05) is 28.3 Å². The van der Waals surface area contributed by atoms with Crippen molar-refractivity contribution in [3.63, 3.8) is 0 Å². The number of phenols is 1. The SMILES string of the molecule is Oc1ccc(NCc2ccc(Br)cc2F)cc1F. The molecule has 2 nitrogen and oxygen atoms in total. The first kappa shape index (κ1) is 12.8. The maximum Gasteiger partial charge on any atom is 0.166 e. The van der Waals surface area contributed by atoms with Crippen molar-refractivity contribution in [2.75, 3.05) is 5.32 Å². The maximum atomic E-state index is 13.5. The summed E-state index contributed by atoms with van der Waals surface area (Å²) in [7, 11) is 0. The molecule has 0 radical (unpaired) electrons. The number of hydrogen-bond acceptors (Lipinski definition) is 2. The lowest BCUT2D eigenvalue weighted by molar-refractivity contribution is 0.432. The smallest absolute Gasteiger partial charge is 0.166 e. The minimum atomic E-state index is -0.712. The minimum absolute atomic E-state index is 0.239. The van der Waals surface area contributed by atoms with E-state index in [0.29, 0.717) is 15.7 Å². The molecule has 5 heteroatoms. The van der Waals surface area contributed by atoms with Crippen molar-refractivity contribution in [2.24, 2.45) is 0 Å². The van der Waals surface area contributed by atoms with Crippen molar-refractivity contribution in [1.82, 2.24) is 0 Å². The summed E-state index contributed by atoms with van der Waals surface area (Å²) < 4.78 is 27.2. The van der Waals surface area contributed by atoms with Crippen molar-refractivity contribution >= 4 is 21.6 Å². The molecule has 94 valence electrons. The summed E-state index contributed by atoms with van der Waals surface area (Å²) in [6.07, 6.45) is 0. The average Bonchev–Trinajstić information content (AvgIpc) is 2.32. The molecule has 0 atom stereocenters. The lowest BCUT2D eigenvalue weighted by atomic mass is 10.2. The molecule has 2 N–H and O–H groups in total. The number of phenolic OH excluding ortho intramolecular Hbond substituents is 1. The van der Waals surface area contributed by atoms with Gasteiger partial charge in [0.15, 0.2) is 11.6 Å². The first-order valence-corrected chi connectivity index (χ1v) is 6.02. The predicted molar refractivity (Wildman–Crippen MR) is 69.5 cm³/mol. The summed E-state index contributed by atoms with van der Waals surface area (Å²) >= 11 is 3.17. The van der Waals surface area contributed by atoms with Gasteiger partial charge in [-0.15, -0.1) is 0 Å². The zero-order valence-corrected chi connectivity index (χ0v) is 10.8. The highest BCUT2D eigenvalue weighted by Gasteiger charge is 2.04. The molecule has 0 spiro atoms. The fraction of sp³-hybridized carbons (Fsp3) is 0.0769. The van der Waals surface area contributed by atoms with Gasteiger partial charge in [-0.1, -0.05) is 22.0 Å². The summed E-state index contributed by atoms with van der Waals surface area (Å²) in [5.74, 6) is -1.46. The standard InChI is InChI=1S/C13H10BrF2NO/c14-9-2-1-8(11(15)5-9)7-17-10-3-4-13(18)12(16)6-10/h1-6,17-18H,7H2. The first-order chi connectivity index (χ1) is 8.56. The topological polar surface area (TPSA) is 32.3 Å². The fourth-order valence-corrected chi connectivity index (χ4v) is 1.81. The molecule has 0 saturated heterocycles. The van der Waals surface area contributed by atoms with Crippen LogP contribution in [0.25, 0.3) is 0 Å². The van der Waals surface area contributed by atoms with Crippen LogP contribution in [0.15, 0.2) is 40.9 Å². The lowest BCUT2D eigenvalue weighted by Crippen LogP contribution is -2.02. The molecule has 0 heterocycles. The second-order valence-corrected chi connectivity index (χ2v) is 4.67. The van der Waals surface area contributed by atoms with Crippen LogP contribution in [0.4, 0.5) is 14.5 Å². The van der Waals surface area contributed by atoms with E-state index < -0.39 is 11.6 Å². The Balaban J connectivity index is 2.09. The second kappa shape index (κ2) is 5.35. The van der Waals surface area contributed by atoms with Crippen LogP contribution in [0.2, 0.25) is 0 Å². The summed E-state index contributed by atoms with van der Waals surface area (Å²) in [6, 6.07) is 8.67. The Kier molecular flexibility index (Phi) is 3.81. The Bertz CT molecular complexity index is 575. The Morgan fingerprint density at radius 2 is 1.83 bits per heavy atom. The van der Waals surface area contributed by atoms with Crippen LogP contribution in [-0.2, 0) is 6.54 Å². The molecule has 0 aliphatic rings. The number of nitrogens with one attached hydrogen (secondary N) is 1. The molecular weight excluding hydrogens is 304 g/mol. The van der Waals surface area contributed by atoms with E-state index in [4.69, 9.17) is 5.11 Å². The van der Waals surface area contributed by atoms with Gasteiger partial charge < -0.3 is 10.4 Å². The van der Waals surface area contributed by atoms with Crippen molar-refractivity contribution in [1.29, 1.82) is 0 Å². The van der Waals surface area contributed by atoms with Gasteiger partial charge in [0.2, 0.25) is 0 Å². The van der Waals surface area contributed by atoms with Crippen molar-refractivity contribution in [3.05, 3.63) is 58.1 Å². The Morgan fingerprint density at radius 1 is 1.06 bits per heavy atom. The lowest BCUT2D eigenvalue weighted by Gasteiger charge is -2.08. The third kappa shape index (κ3) is 2.98. The van der Waals surface area contributed by atoms with E-state index in [1.807, 2.05) is 0 Å². The van der Waals surface area contributed by atoms with Gasteiger partial charge in [-0.2, -0.15) is 0 Å². The molecule has 2 aromatic rings. The molecule has 0 aliphatic carbocycles. The largest absolute Gasteiger partial charge is 0.505 e. The average molecular weight is 314 g/mol. The van der Waals surface area contributed by atoms with E-state index in [1.54, 1.807) is 12.1 Å². The predicted octanol–water partition coefficient (Wildman–Crippen LogP) is 4.05. The van der Waals surface area contributed by atoms with Gasteiger partial charge >= 0.3 is 0 Å². The van der Waals surface area contributed by atoms with E-state index in [1.165, 1.54) is 18.2 Å². The second-order valence-electron chi connectivity index (χ2n) is 3.76. The Labute approximate surface area is 111 Å². The normalized spacial score (nSPS) is 10.4. The highest BCUT2D eigenvalue weighted by atomic mass is 79.9. The molecule has 2 aromatic carbocycles. The van der Waals surface area contributed by atoms with Gasteiger partial charge in [-0.05, 0) is 24.3 Å². The van der Waals surface area contributed by atoms with E-state index >= 15 is 0 Å². The van der Waals surface area contributed by atoms with E-state index in [2.05, 4.69) is 21.2 Å². The monoisotopic (exact) mass is 313 g/mol. The van der Waals surface area contributed by atoms with E-state index in [0.717, 1.165) is 6.07 Å². The summed E-state index contributed by atoms with van der Waals surface area (Å²) in [6.45, 7) is 0.239. The van der Waals surface area contributed by atoms with Gasteiger partial charge in [-0.3, -0.25) is 0 Å². The zero-order chi connectivity index (χ0) is 13.1.